The van der Waals surface area contributed by atoms with Gasteiger partial charge >= 0.3 is 0 Å². The van der Waals surface area contributed by atoms with Crippen LogP contribution >= 0.6 is 0 Å². The molecule has 0 heterocycles. The maximum atomic E-state index is 11.9. The minimum absolute atomic E-state index is 0.00917. The van der Waals surface area contributed by atoms with Crippen molar-refractivity contribution < 1.29 is 28.8 Å². The van der Waals surface area contributed by atoms with E-state index in [0.717, 1.165) is 0 Å². The fourth-order valence-corrected chi connectivity index (χ4v) is 2.25. The number of rotatable bonds is 9. The van der Waals surface area contributed by atoms with Gasteiger partial charge in [0.2, 0.25) is 5.91 Å². The number of nitro groups is 1. The highest BCUT2D eigenvalue weighted by molar-refractivity contribution is 5.94. The zero-order valence-corrected chi connectivity index (χ0v) is 16.0. The van der Waals surface area contributed by atoms with E-state index in [1.54, 1.807) is 24.3 Å². The zero-order chi connectivity index (χ0) is 21.9. The van der Waals surface area contributed by atoms with Gasteiger partial charge in [0.1, 0.15) is 0 Å². The van der Waals surface area contributed by atoms with Gasteiger partial charge in [-0.1, -0.05) is 12.1 Å². The molecule has 0 aliphatic rings. The van der Waals surface area contributed by atoms with E-state index in [1.807, 2.05) is 0 Å². The highest BCUT2D eigenvalue weighted by atomic mass is 16.6. The molecule has 0 saturated carbocycles. The number of nitrogens with one attached hydrogen (secondary N) is 3. The summed E-state index contributed by atoms with van der Waals surface area (Å²) in [5.74, 6) is -0.728. The van der Waals surface area contributed by atoms with Crippen LogP contribution in [0.5, 0.6) is 11.5 Å². The number of ether oxygens (including phenoxy) is 2. The van der Waals surface area contributed by atoms with Crippen molar-refractivity contribution in [1.29, 1.82) is 0 Å². The summed E-state index contributed by atoms with van der Waals surface area (Å²) in [7, 11) is 1.48. The molecule has 0 radical (unpaired) electrons. The molecule has 0 aromatic heterocycles. The van der Waals surface area contributed by atoms with Crippen molar-refractivity contribution in [3.8, 4) is 11.5 Å². The molecule has 30 heavy (non-hydrogen) atoms. The van der Waals surface area contributed by atoms with Crippen molar-refractivity contribution >= 4 is 23.4 Å². The zero-order valence-electron chi connectivity index (χ0n) is 16.0. The molecule has 0 atom stereocenters. The Morgan fingerprint density at radius 3 is 2.23 bits per heavy atom. The van der Waals surface area contributed by atoms with Crippen LogP contribution in [0.1, 0.15) is 16.8 Å². The summed E-state index contributed by atoms with van der Waals surface area (Å²) in [6, 6.07) is 11.9. The maximum Gasteiger partial charge on any atom is 0.276 e. The number of hydrogen-bond acceptors (Lipinski definition) is 7. The Balaban J connectivity index is 1.66. The highest BCUT2D eigenvalue weighted by Gasteiger charge is 2.11. The molecule has 0 fully saturated rings. The van der Waals surface area contributed by atoms with Crippen LogP contribution in [0.4, 0.5) is 5.69 Å². The second-order valence-electron chi connectivity index (χ2n) is 5.85. The van der Waals surface area contributed by atoms with Crippen molar-refractivity contribution in [3.63, 3.8) is 0 Å². The van der Waals surface area contributed by atoms with E-state index in [4.69, 9.17) is 9.47 Å². The molecule has 11 heteroatoms. The Labute approximate surface area is 171 Å². The predicted octanol–water partition coefficient (Wildman–Crippen LogP) is 0.950. The number of carbonyl (C=O) groups excluding carboxylic acids is 3. The third-order valence-corrected chi connectivity index (χ3v) is 3.75. The molecular formula is C19H20N4O7. The lowest BCUT2D eigenvalue weighted by Gasteiger charge is -2.11. The van der Waals surface area contributed by atoms with E-state index in [9.17, 15) is 24.5 Å². The van der Waals surface area contributed by atoms with Gasteiger partial charge in [-0.3, -0.25) is 35.3 Å². The van der Waals surface area contributed by atoms with E-state index in [1.165, 1.54) is 31.4 Å². The van der Waals surface area contributed by atoms with E-state index >= 15 is 0 Å². The fraction of sp³-hybridized carbons (Fsp3) is 0.211. The first-order valence-corrected chi connectivity index (χ1v) is 8.77. The molecular weight excluding hydrogens is 396 g/mol. The maximum absolute atomic E-state index is 11.9. The first-order chi connectivity index (χ1) is 14.4. The van der Waals surface area contributed by atoms with Gasteiger partial charge in [0.15, 0.2) is 18.1 Å². The van der Waals surface area contributed by atoms with Crippen molar-refractivity contribution in [1.82, 2.24) is 16.2 Å². The number of non-ortho nitro benzene ring substituents is 1. The van der Waals surface area contributed by atoms with Crippen molar-refractivity contribution in [2.24, 2.45) is 0 Å². The van der Waals surface area contributed by atoms with Gasteiger partial charge in [-0.25, -0.2) is 0 Å². The van der Waals surface area contributed by atoms with Crippen LogP contribution in [0.25, 0.3) is 0 Å². The summed E-state index contributed by atoms with van der Waals surface area (Å²) >= 11 is 0. The number of methoxy groups -OCH3 is 1. The fourth-order valence-electron chi connectivity index (χ4n) is 2.25. The molecule has 0 aliphatic heterocycles. The van der Waals surface area contributed by atoms with E-state index < -0.39 is 22.6 Å². The Bertz CT molecular complexity index is 915. The van der Waals surface area contributed by atoms with E-state index in [-0.39, 0.29) is 30.8 Å². The predicted molar refractivity (Wildman–Crippen MR) is 105 cm³/mol. The molecule has 3 amide bonds. The second kappa shape index (κ2) is 11.0. The van der Waals surface area contributed by atoms with Crippen molar-refractivity contribution in [2.75, 3.05) is 20.3 Å². The molecule has 0 unspecified atom stereocenters. The summed E-state index contributed by atoms with van der Waals surface area (Å²) in [6.45, 7) is -0.327. The van der Waals surface area contributed by atoms with Crippen molar-refractivity contribution in [3.05, 3.63) is 64.2 Å². The lowest BCUT2D eigenvalue weighted by Crippen LogP contribution is -2.44. The summed E-state index contributed by atoms with van der Waals surface area (Å²) in [5.41, 5.74) is 4.50. The number of nitrogens with zero attached hydrogens (tertiary/aromatic N) is 1. The standard InChI is InChI=1S/C19H20N4O7/c1-29-15-4-2-3-5-16(15)30-12-18(25)22-21-17(24)10-11-20-19(26)13-6-8-14(9-7-13)23(27)28/h2-9H,10-12H2,1H3,(H,20,26)(H,21,24)(H,22,25). The molecule has 0 saturated heterocycles. The number of amides is 3. The smallest absolute Gasteiger partial charge is 0.276 e. The summed E-state index contributed by atoms with van der Waals surface area (Å²) in [4.78, 5) is 45.5. The highest BCUT2D eigenvalue weighted by Crippen LogP contribution is 2.25. The molecule has 2 aromatic carbocycles. The normalized spacial score (nSPS) is 9.90. The minimum Gasteiger partial charge on any atom is -0.493 e. The third-order valence-electron chi connectivity index (χ3n) is 3.75. The topological polar surface area (TPSA) is 149 Å². The van der Waals surface area contributed by atoms with Gasteiger partial charge in [-0.2, -0.15) is 0 Å². The Morgan fingerprint density at radius 1 is 0.967 bits per heavy atom. The summed E-state index contributed by atoms with van der Waals surface area (Å²) in [5, 5.41) is 13.1. The van der Waals surface area contributed by atoms with E-state index in [2.05, 4.69) is 16.2 Å². The molecule has 2 aromatic rings. The Hall–Kier alpha value is -4.15. The van der Waals surface area contributed by atoms with Gasteiger partial charge in [0, 0.05) is 30.7 Å². The molecule has 0 spiro atoms. The Morgan fingerprint density at radius 2 is 1.60 bits per heavy atom. The van der Waals surface area contributed by atoms with Crippen LogP contribution < -0.4 is 25.6 Å². The number of carbonyl (C=O) groups is 3. The van der Waals surface area contributed by atoms with Gasteiger partial charge in [0.25, 0.3) is 17.5 Å². The number of hydrogen-bond donors (Lipinski definition) is 3. The van der Waals surface area contributed by atoms with Gasteiger partial charge in [0.05, 0.1) is 12.0 Å². The van der Waals surface area contributed by atoms with Gasteiger partial charge < -0.3 is 14.8 Å². The third kappa shape index (κ3) is 6.78. The average Bonchev–Trinajstić information content (AvgIpc) is 2.76. The van der Waals surface area contributed by atoms with Gasteiger partial charge in [-0.05, 0) is 24.3 Å². The Kier molecular flexibility index (Phi) is 8.12. The molecule has 0 aliphatic carbocycles. The van der Waals surface area contributed by atoms with Gasteiger partial charge in [-0.15, -0.1) is 0 Å². The summed E-state index contributed by atoms with van der Waals surface area (Å²) < 4.78 is 10.4. The van der Waals surface area contributed by atoms with Crippen LogP contribution in [0.2, 0.25) is 0 Å². The largest absolute Gasteiger partial charge is 0.493 e. The minimum atomic E-state index is -0.579. The first kappa shape index (κ1) is 22.1. The molecule has 158 valence electrons. The quantitative estimate of drug-likeness (QED) is 0.407. The van der Waals surface area contributed by atoms with Crippen LogP contribution in [-0.4, -0.2) is 42.9 Å². The number of para-hydroxylation sites is 2. The first-order valence-electron chi connectivity index (χ1n) is 8.77. The van der Waals surface area contributed by atoms with Crippen LogP contribution in [-0.2, 0) is 9.59 Å². The molecule has 11 nitrogen and oxygen atoms in total. The van der Waals surface area contributed by atoms with E-state index in [0.29, 0.717) is 11.5 Å². The second-order valence-corrected chi connectivity index (χ2v) is 5.85. The monoisotopic (exact) mass is 416 g/mol. The number of hydrazine groups is 1. The van der Waals surface area contributed by atoms with Crippen molar-refractivity contribution in [2.45, 2.75) is 6.42 Å². The van der Waals surface area contributed by atoms with Crippen LogP contribution in [0, 0.1) is 10.1 Å². The number of nitro benzene ring substituents is 1. The van der Waals surface area contributed by atoms with Crippen LogP contribution in [0.3, 0.4) is 0 Å². The average molecular weight is 416 g/mol. The lowest BCUT2D eigenvalue weighted by atomic mass is 10.2. The molecule has 0 bridgehead atoms. The number of benzene rings is 2. The van der Waals surface area contributed by atoms with Crippen LogP contribution in [0.15, 0.2) is 48.5 Å². The lowest BCUT2D eigenvalue weighted by molar-refractivity contribution is -0.384. The molecule has 2 rings (SSSR count). The SMILES string of the molecule is COc1ccccc1OCC(=O)NNC(=O)CCNC(=O)c1ccc([N+](=O)[O-])cc1. The summed E-state index contributed by atoms with van der Waals surface area (Å²) in [6.07, 6.45) is -0.0909. The molecule has 3 N–H and O–H groups in total.